The van der Waals surface area contributed by atoms with E-state index < -0.39 is 16.5 Å². The standard InChI is InChI=1S/C12H6BrCl2N3O3/c13-6-4-9(11(15)16-5-6)17-12(19)7-2-1-3-8(14)10(7)18(20)21/h1-5H,(H,17,19). The van der Waals surface area contributed by atoms with Gasteiger partial charge in [-0.2, -0.15) is 0 Å². The van der Waals surface area contributed by atoms with E-state index in [1.54, 1.807) is 0 Å². The van der Waals surface area contributed by atoms with Crippen LogP contribution < -0.4 is 5.32 Å². The van der Waals surface area contributed by atoms with Crippen molar-refractivity contribution in [2.24, 2.45) is 0 Å². The maximum Gasteiger partial charge on any atom is 0.300 e. The summed E-state index contributed by atoms with van der Waals surface area (Å²) in [6.07, 6.45) is 1.46. The fraction of sp³-hybridized carbons (Fsp3) is 0. The molecule has 2 rings (SSSR count). The molecule has 0 atom stereocenters. The molecule has 0 bridgehead atoms. The number of aromatic nitrogens is 1. The van der Waals surface area contributed by atoms with Gasteiger partial charge in [0.25, 0.3) is 5.91 Å². The first-order chi connectivity index (χ1) is 9.90. The lowest BCUT2D eigenvalue weighted by molar-refractivity contribution is -0.385. The van der Waals surface area contributed by atoms with Crippen LogP contribution in [0.3, 0.4) is 0 Å². The first-order valence-corrected chi connectivity index (χ1v) is 7.00. The average Bonchev–Trinajstić information content (AvgIpc) is 2.42. The van der Waals surface area contributed by atoms with E-state index in [1.807, 2.05) is 0 Å². The van der Waals surface area contributed by atoms with Crippen LogP contribution in [0.25, 0.3) is 0 Å². The minimum atomic E-state index is -0.710. The lowest BCUT2D eigenvalue weighted by Gasteiger charge is -2.08. The molecule has 1 heterocycles. The maximum atomic E-state index is 12.2. The molecule has 0 aliphatic heterocycles. The van der Waals surface area contributed by atoms with E-state index in [4.69, 9.17) is 23.2 Å². The molecule has 1 N–H and O–H groups in total. The van der Waals surface area contributed by atoms with E-state index in [1.165, 1.54) is 30.5 Å². The molecular weight excluding hydrogens is 385 g/mol. The Hall–Kier alpha value is -1.70. The van der Waals surface area contributed by atoms with Crippen LogP contribution in [0.4, 0.5) is 11.4 Å². The normalized spacial score (nSPS) is 10.2. The topological polar surface area (TPSA) is 85.1 Å². The summed E-state index contributed by atoms with van der Waals surface area (Å²) >= 11 is 14.8. The summed E-state index contributed by atoms with van der Waals surface area (Å²) in [6, 6.07) is 5.62. The molecule has 2 aromatic rings. The predicted molar refractivity (Wildman–Crippen MR) is 83.0 cm³/mol. The van der Waals surface area contributed by atoms with Crippen LogP contribution in [-0.2, 0) is 0 Å². The fourth-order valence-corrected chi connectivity index (χ4v) is 2.31. The van der Waals surface area contributed by atoms with Crippen LogP contribution in [-0.4, -0.2) is 15.8 Å². The number of halogens is 3. The second-order valence-corrected chi connectivity index (χ2v) is 5.52. The van der Waals surface area contributed by atoms with E-state index in [0.29, 0.717) is 4.47 Å². The highest BCUT2D eigenvalue weighted by atomic mass is 79.9. The smallest absolute Gasteiger partial charge is 0.300 e. The lowest BCUT2D eigenvalue weighted by Crippen LogP contribution is -2.14. The number of nitro groups is 1. The van der Waals surface area contributed by atoms with Gasteiger partial charge >= 0.3 is 5.69 Å². The van der Waals surface area contributed by atoms with Crippen molar-refractivity contribution in [3.8, 4) is 0 Å². The van der Waals surface area contributed by atoms with Gasteiger partial charge in [0.2, 0.25) is 0 Å². The molecular formula is C12H6BrCl2N3O3. The van der Waals surface area contributed by atoms with Crippen molar-refractivity contribution in [2.45, 2.75) is 0 Å². The van der Waals surface area contributed by atoms with Gasteiger partial charge < -0.3 is 5.32 Å². The number of pyridine rings is 1. The highest BCUT2D eigenvalue weighted by molar-refractivity contribution is 9.10. The molecule has 1 aromatic heterocycles. The summed E-state index contributed by atoms with van der Waals surface area (Å²) in [7, 11) is 0. The Morgan fingerprint density at radius 3 is 2.76 bits per heavy atom. The van der Waals surface area contributed by atoms with E-state index in [0.717, 1.165) is 0 Å². The SMILES string of the molecule is O=C(Nc1cc(Br)cnc1Cl)c1cccc(Cl)c1[N+](=O)[O-]. The Kier molecular flexibility index (Phi) is 4.76. The number of para-hydroxylation sites is 1. The first-order valence-electron chi connectivity index (χ1n) is 5.45. The van der Waals surface area contributed by atoms with Gasteiger partial charge in [-0.1, -0.05) is 29.3 Å². The highest BCUT2D eigenvalue weighted by Crippen LogP contribution is 2.30. The van der Waals surface area contributed by atoms with Crippen molar-refractivity contribution < 1.29 is 9.72 Å². The molecule has 9 heteroatoms. The number of hydrogen-bond acceptors (Lipinski definition) is 4. The van der Waals surface area contributed by atoms with Crippen LogP contribution >= 0.6 is 39.1 Å². The van der Waals surface area contributed by atoms with Crippen molar-refractivity contribution in [1.29, 1.82) is 0 Å². The summed E-state index contributed by atoms with van der Waals surface area (Å²) in [5, 5.41) is 13.4. The monoisotopic (exact) mass is 389 g/mol. The van der Waals surface area contributed by atoms with Crippen molar-refractivity contribution in [3.05, 3.63) is 60.8 Å². The molecule has 21 heavy (non-hydrogen) atoms. The zero-order chi connectivity index (χ0) is 15.6. The molecule has 1 aromatic carbocycles. The Labute approximate surface area is 137 Å². The number of amides is 1. The Bertz CT molecular complexity index is 740. The van der Waals surface area contributed by atoms with Gasteiger partial charge in [-0.15, -0.1) is 0 Å². The van der Waals surface area contributed by atoms with Gasteiger partial charge in [-0.05, 0) is 34.1 Å². The third-order valence-corrected chi connectivity index (χ3v) is 3.51. The zero-order valence-corrected chi connectivity index (χ0v) is 13.2. The van der Waals surface area contributed by atoms with Crippen molar-refractivity contribution in [2.75, 3.05) is 5.32 Å². The van der Waals surface area contributed by atoms with E-state index in [-0.39, 0.29) is 21.4 Å². The quantitative estimate of drug-likeness (QED) is 0.480. The number of carbonyl (C=O) groups excluding carboxylic acids is 1. The zero-order valence-electron chi connectivity index (χ0n) is 10.1. The summed E-state index contributed by atoms with van der Waals surface area (Å²) in [5.74, 6) is -0.703. The van der Waals surface area contributed by atoms with E-state index >= 15 is 0 Å². The molecule has 0 spiro atoms. The second kappa shape index (κ2) is 6.38. The molecule has 0 saturated heterocycles. The lowest BCUT2D eigenvalue weighted by atomic mass is 10.1. The van der Waals surface area contributed by atoms with Gasteiger partial charge in [0, 0.05) is 10.7 Å². The first kappa shape index (κ1) is 15.7. The molecule has 0 unspecified atom stereocenters. The number of nitrogens with zero attached hydrogens (tertiary/aromatic N) is 2. The molecule has 1 amide bonds. The molecule has 0 radical (unpaired) electrons. The third kappa shape index (κ3) is 3.49. The number of nitrogens with one attached hydrogen (secondary N) is 1. The summed E-state index contributed by atoms with van der Waals surface area (Å²) in [6.45, 7) is 0. The number of hydrogen-bond donors (Lipinski definition) is 1. The number of carbonyl (C=O) groups is 1. The maximum absolute atomic E-state index is 12.2. The van der Waals surface area contributed by atoms with Crippen molar-refractivity contribution in [3.63, 3.8) is 0 Å². The van der Waals surface area contributed by atoms with Gasteiger partial charge in [0.05, 0.1) is 10.6 Å². The fourth-order valence-electron chi connectivity index (χ4n) is 1.58. The summed E-state index contributed by atoms with van der Waals surface area (Å²) < 4.78 is 0.600. The van der Waals surface area contributed by atoms with Crippen LogP contribution in [0.2, 0.25) is 10.2 Å². The van der Waals surface area contributed by atoms with Gasteiger partial charge in [0.1, 0.15) is 10.6 Å². The Balaban J connectivity index is 2.40. The number of benzene rings is 1. The third-order valence-electron chi connectivity index (χ3n) is 2.47. The molecule has 108 valence electrons. The van der Waals surface area contributed by atoms with Crippen molar-refractivity contribution >= 4 is 56.4 Å². The minimum absolute atomic E-state index is 0.0660. The number of anilines is 1. The predicted octanol–water partition coefficient (Wildman–Crippen LogP) is 4.31. The van der Waals surface area contributed by atoms with E-state index in [2.05, 4.69) is 26.2 Å². The molecule has 6 nitrogen and oxygen atoms in total. The molecule has 0 aliphatic rings. The van der Waals surface area contributed by atoms with Gasteiger partial charge in [0.15, 0.2) is 5.15 Å². The summed E-state index contributed by atoms with van der Waals surface area (Å²) in [4.78, 5) is 26.3. The van der Waals surface area contributed by atoms with Crippen LogP contribution in [0.1, 0.15) is 10.4 Å². The minimum Gasteiger partial charge on any atom is -0.319 e. The van der Waals surface area contributed by atoms with Gasteiger partial charge in [-0.3, -0.25) is 14.9 Å². The van der Waals surface area contributed by atoms with Gasteiger partial charge in [-0.25, -0.2) is 4.98 Å². The molecule has 0 fully saturated rings. The van der Waals surface area contributed by atoms with Crippen molar-refractivity contribution in [1.82, 2.24) is 4.98 Å². The highest BCUT2D eigenvalue weighted by Gasteiger charge is 2.24. The Morgan fingerprint density at radius 1 is 1.38 bits per heavy atom. The second-order valence-electron chi connectivity index (χ2n) is 3.84. The van der Waals surface area contributed by atoms with E-state index in [9.17, 15) is 14.9 Å². The van der Waals surface area contributed by atoms with Crippen LogP contribution in [0, 0.1) is 10.1 Å². The molecule has 0 aliphatic carbocycles. The van der Waals surface area contributed by atoms with Crippen LogP contribution in [0.15, 0.2) is 34.9 Å². The number of rotatable bonds is 3. The number of nitro benzene ring substituents is 1. The molecule has 0 saturated carbocycles. The largest absolute Gasteiger partial charge is 0.319 e. The van der Waals surface area contributed by atoms with Crippen LogP contribution in [0.5, 0.6) is 0 Å². The average molecular weight is 391 g/mol. The summed E-state index contributed by atoms with van der Waals surface area (Å²) in [5.41, 5.74) is -0.399. The Morgan fingerprint density at radius 2 is 2.10 bits per heavy atom.